The van der Waals surface area contributed by atoms with Crippen LogP contribution in [0.1, 0.15) is 39.2 Å². The Bertz CT molecular complexity index is 1040. The Morgan fingerprint density at radius 1 is 1.00 bits per heavy atom. The lowest BCUT2D eigenvalue weighted by Crippen LogP contribution is -2.33. The van der Waals surface area contributed by atoms with Gasteiger partial charge in [-0.15, -0.1) is 11.8 Å². The van der Waals surface area contributed by atoms with Gasteiger partial charge in [-0.25, -0.2) is 0 Å². The number of para-hydroxylation sites is 1. The lowest BCUT2D eigenvalue weighted by molar-refractivity contribution is -0.131. The number of aromatic nitrogens is 1. The standard InChI is InChI=1S/C26H33N3O2S/c1-4-7-10-20-13-15-21(16-14-20)27-25(30)19-32-24-17-29(18-26(31)28(5-2)6-3)23-12-9-8-11-22(23)24/h8-9,11-17H,4-7,10,18-19H2,1-3H3,(H,27,30). The molecular weight excluding hydrogens is 418 g/mol. The minimum absolute atomic E-state index is 0.0349. The number of anilines is 1. The molecule has 0 bridgehead atoms. The first-order chi connectivity index (χ1) is 15.5. The fourth-order valence-corrected chi connectivity index (χ4v) is 4.65. The molecule has 32 heavy (non-hydrogen) atoms. The number of likely N-dealkylation sites (N-methyl/N-ethyl adjacent to an activating group) is 1. The van der Waals surface area contributed by atoms with E-state index < -0.39 is 0 Å². The number of unbranched alkanes of at least 4 members (excludes halogenated alkanes) is 1. The first-order valence-corrected chi connectivity index (χ1v) is 12.4. The van der Waals surface area contributed by atoms with Crippen molar-refractivity contribution in [2.45, 2.75) is 51.5 Å². The van der Waals surface area contributed by atoms with E-state index in [1.165, 1.54) is 30.2 Å². The summed E-state index contributed by atoms with van der Waals surface area (Å²) < 4.78 is 1.99. The van der Waals surface area contributed by atoms with Gasteiger partial charge in [0.1, 0.15) is 6.54 Å². The second-order valence-electron chi connectivity index (χ2n) is 7.84. The number of benzene rings is 2. The molecule has 0 atom stereocenters. The molecule has 0 saturated heterocycles. The van der Waals surface area contributed by atoms with Gasteiger partial charge in [0.15, 0.2) is 0 Å². The van der Waals surface area contributed by atoms with Gasteiger partial charge in [-0.1, -0.05) is 43.7 Å². The van der Waals surface area contributed by atoms with Crippen molar-refractivity contribution < 1.29 is 9.59 Å². The van der Waals surface area contributed by atoms with Gasteiger partial charge in [0, 0.05) is 40.8 Å². The van der Waals surface area contributed by atoms with Crippen LogP contribution in [0.15, 0.2) is 59.6 Å². The Labute approximate surface area is 195 Å². The van der Waals surface area contributed by atoms with Crippen molar-refractivity contribution >= 4 is 40.2 Å². The maximum absolute atomic E-state index is 12.6. The zero-order valence-corrected chi connectivity index (χ0v) is 20.1. The summed E-state index contributed by atoms with van der Waals surface area (Å²) >= 11 is 1.50. The smallest absolute Gasteiger partial charge is 0.242 e. The SMILES string of the molecule is CCCCc1ccc(NC(=O)CSc2cn(CC(=O)N(CC)CC)c3ccccc23)cc1. The van der Waals surface area contributed by atoms with Crippen LogP contribution in [0.2, 0.25) is 0 Å². The fraction of sp³-hybridized carbons (Fsp3) is 0.385. The molecule has 3 aromatic rings. The van der Waals surface area contributed by atoms with Gasteiger partial charge in [0.2, 0.25) is 11.8 Å². The van der Waals surface area contributed by atoms with E-state index in [0.29, 0.717) is 25.4 Å². The quantitative estimate of drug-likeness (QED) is 0.387. The molecule has 0 radical (unpaired) electrons. The summed E-state index contributed by atoms with van der Waals surface area (Å²) in [6.45, 7) is 7.89. The van der Waals surface area contributed by atoms with Gasteiger partial charge in [-0.3, -0.25) is 9.59 Å². The molecule has 1 N–H and O–H groups in total. The zero-order chi connectivity index (χ0) is 22.9. The number of rotatable bonds is 11. The van der Waals surface area contributed by atoms with Crippen LogP contribution in [-0.4, -0.2) is 40.1 Å². The van der Waals surface area contributed by atoms with Crippen molar-refractivity contribution in [1.29, 1.82) is 0 Å². The van der Waals surface area contributed by atoms with Crippen LogP contribution in [0.5, 0.6) is 0 Å². The number of aryl methyl sites for hydroxylation is 1. The van der Waals surface area contributed by atoms with Gasteiger partial charge >= 0.3 is 0 Å². The van der Waals surface area contributed by atoms with Gasteiger partial charge < -0.3 is 14.8 Å². The third-order valence-corrected chi connectivity index (χ3v) is 6.63. The molecule has 0 fully saturated rings. The van der Waals surface area contributed by atoms with Gasteiger partial charge in [-0.2, -0.15) is 0 Å². The van der Waals surface area contributed by atoms with Crippen molar-refractivity contribution in [1.82, 2.24) is 9.47 Å². The van der Waals surface area contributed by atoms with Crippen molar-refractivity contribution in [3.8, 4) is 0 Å². The van der Waals surface area contributed by atoms with E-state index in [1.54, 1.807) is 0 Å². The molecule has 170 valence electrons. The number of carbonyl (C=O) groups excluding carboxylic acids is 2. The van der Waals surface area contributed by atoms with E-state index in [-0.39, 0.29) is 11.8 Å². The summed E-state index contributed by atoms with van der Waals surface area (Å²) in [6.07, 6.45) is 5.42. The summed E-state index contributed by atoms with van der Waals surface area (Å²) in [5.41, 5.74) is 3.13. The number of nitrogens with zero attached hydrogens (tertiary/aromatic N) is 2. The number of thioether (sulfide) groups is 1. The van der Waals surface area contributed by atoms with Gasteiger partial charge in [-0.05, 0) is 50.5 Å². The number of hydrogen-bond donors (Lipinski definition) is 1. The number of fused-ring (bicyclic) bond motifs is 1. The number of amides is 2. The first-order valence-electron chi connectivity index (χ1n) is 11.4. The van der Waals surface area contributed by atoms with Gasteiger partial charge in [0.25, 0.3) is 0 Å². The molecule has 5 nitrogen and oxygen atoms in total. The number of hydrogen-bond acceptors (Lipinski definition) is 3. The molecule has 1 aromatic heterocycles. The van der Waals surface area contributed by atoms with E-state index in [0.717, 1.165) is 27.9 Å². The molecule has 0 unspecified atom stereocenters. The average molecular weight is 452 g/mol. The predicted octanol–water partition coefficient (Wildman–Crippen LogP) is 5.58. The first kappa shape index (κ1) is 23.9. The Kier molecular flexibility index (Phi) is 8.80. The molecule has 3 rings (SSSR count). The van der Waals surface area contributed by atoms with Crippen LogP contribution < -0.4 is 5.32 Å². The Morgan fingerprint density at radius 2 is 1.72 bits per heavy atom. The van der Waals surface area contributed by atoms with Gasteiger partial charge in [0.05, 0.1) is 5.75 Å². The lowest BCUT2D eigenvalue weighted by atomic mass is 10.1. The third kappa shape index (κ3) is 6.16. The molecule has 6 heteroatoms. The van der Waals surface area contributed by atoms with Crippen molar-refractivity contribution in [2.24, 2.45) is 0 Å². The second-order valence-corrected chi connectivity index (χ2v) is 8.86. The third-order valence-electron chi connectivity index (χ3n) is 5.59. The molecule has 1 heterocycles. The van der Waals surface area contributed by atoms with E-state index in [4.69, 9.17) is 0 Å². The number of carbonyl (C=O) groups is 2. The van der Waals surface area contributed by atoms with Crippen LogP contribution in [-0.2, 0) is 22.6 Å². The second kappa shape index (κ2) is 11.8. The van der Waals surface area contributed by atoms with E-state index in [9.17, 15) is 9.59 Å². The van der Waals surface area contributed by atoms with Crippen LogP contribution in [0.25, 0.3) is 10.9 Å². The van der Waals surface area contributed by atoms with E-state index >= 15 is 0 Å². The summed E-state index contributed by atoms with van der Waals surface area (Å²) in [4.78, 5) is 28.0. The molecule has 2 aromatic carbocycles. The Balaban J connectivity index is 1.64. The summed E-state index contributed by atoms with van der Waals surface area (Å²) in [5.74, 6) is 0.384. The fourth-order valence-electron chi connectivity index (χ4n) is 3.76. The minimum atomic E-state index is -0.0349. The highest BCUT2D eigenvalue weighted by atomic mass is 32.2. The average Bonchev–Trinajstić information content (AvgIpc) is 3.15. The molecule has 0 aliphatic heterocycles. The topological polar surface area (TPSA) is 54.3 Å². The highest BCUT2D eigenvalue weighted by Crippen LogP contribution is 2.30. The van der Waals surface area contributed by atoms with Crippen molar-refractivity contribution in [2.75, 3.05) is 24.2 Å². The predicted molar refractivity (Wildman–Crippen MR) is 134 cm³/mol. The van der Waals surface area contributed by atoms with Crippen molar-refractivity contribution in [3.05, 3.63) is 60.3 Å². The van der Waals surface area contributed by atoms with E-state index in [2.05, 4.69) is 24.4 Å². The normalized spacial score (nSPS) is 11.0. The van der Waals surface area contributed by atoms with Crippen molar-refractivity contribution in [3.63, 3.8) is 0 Å². The van der Waals surface area contributed by atoms with Crippen LogP contribution >= 0.6 is 11.8 Å². The van der Waals surface area contributed by atoms with Crippen LogP contribution in [0, 0.1) is 0 Å². The van der Waals surface area contributed by atoms with Crippen LogP contribution in [0.4, 0.5) is 5.69 Å². The highest BCUT2D eigenvalue weighted by Gasteiger charge is 2.15. The summed E-state index contributed by atoms with van der Waals surface area (Å²) in [6, 6.07) is 16.1. The zero-order valence-electron chi connectivity index (χ0n) is 19.3. The molecular formula is C26H33N3O2S. The summed E-state index contributed by atoms with van der Waals surface area (Å²) in [5, 5.41) is 4.05. The Morgan fingerprint density at radius 3 is 2.41 bits per heavy atom. The minimum Gasteiger partial charge on any atom is -0.342 e. The number of nitrogens with one attached hydrogen (secondary N) is 1. The maximum Gasteiger partial charge on any atom is 0.242 e. The molecule has 0 spiro atoms. The molecule has 0 aliphatic carbocycles. The molecule has 0 aliphatic rings. The Hall–Kier alpha value is -2.73. The maximum atomic E-state index is 12.6. The molecule has 0 saturated carbocycles. The van der Waals surface area contributed by atoms with Crippen LogP contribution in [0.3, 0.4) is 0 Å². The summed E-state index contributed by atoms with van der Waals surface area (Å²) in [7, 11) is 0. The monoisotopic (exact) mass is 451 g/mol. The van der Waals surface area contributed by atoms with E-state index in [1.807, 2.05) is 65.9 Å². The largest absolute Gasteiger partial charge is 0.342 e. The molecule has 2 amide bonds. The lowest BCUT2D eigenvalue weighted by Gasteiger charge is -2.19. The highest BCUT2D eigenvalue weighted by molar-refractivity contribution is 8.00.